The summed E-state index contributed by atoms with van der Waals surface area (Å²) >= 11 is 0. The third-order valence-corrected chi connectivity index (χ3v) is 2.53. The third-order valence-electron chi connectivity index (χ3n) is 2.53. The summed E-state index contributed by atoms with van der Waals surface area (Å²) in [6, 6.07) is 0. The topological polar surface area (TPSA) is 82.2 Å². The predicted octanol–water partition coefficient (Wildman–Crippen LogP) is 0.269. The van der Waals surface area contributed by atoms with Gasteiger partial charge in [-0.05, 0) is 27.7 Å². The molecule has 3 N–H and O–H groups in total. The van der Waals surface area contributed by atoms with Crippen LogP contribution >= 0.6 is 0 Å². The van der Waals surface area contributed by atoms with Crippen LogP contribution in [0.1, 0.15) is 25.2 Å². The highest BCUT2D eigenvalue weighted by molar-refractivity contribution is 5.77. The fourth-order valence-corrected chi connectivity index (χ4v) is 1.48. The molecule has 1 aromatic heterocycles. The minimum atomic E-state index is -0.421. The summed E-state index contributed by atoms with van der Waals surface area (Å²) in [6.07, 6.45) is 0. The molecule has 0 aliphatic rings. The second-order valence-electron chi connectivity index (χ2n) is 5.18. The lowest BCUT2D eigenvalue weighted by atomic mass is 10.1. The van der Waals surface area contributed by atoms with Crippen LogP contribution in [-0.4, -0.2) is 34.4 Å². The quantitative estimate of drug-likeness (QED) is 0.790. The van der Waals surface area contributed by atoms with Crippen molar-refractivity contribution in [3.8, 4) is 5.75 Å². The minimum absolute atomic E-state index is 0.0244. The van der Waals surface area contributed by atoms with Crippen molar-refractivity contribution >= 4 is 5.91 Å². The molecule has 0 spiro atoms. The fraction of sp³-hybridized carbons (Fsp3) is 0.667. The summed E-state index contributed by atoms with van der Waals surface area (Å²) < 4.78 is 7.21. The molecule has 0 saturated carbocycles. The van der Waals surface area contributed by atoms with Gasteiger partial charge in [0.15, 0.2) is 12.4 Å². The minimum Gasteiger partial charge on any atom is -0.480 e. The smallest absolute Gasteiger partial charge is 0.258 e. The van der Waals surface area contributed by atoms with Crippen molar-refractivity contribution in [2.24, 2.45) is 12.8 Å². The van der Waals surface area contributed by atoms with Crippen molar-refractivity contribution in [1.29, 1.82) is 0 Å². The van der Waals surface area contributed by atoms with E-state index in [1.165, 1.54) is 0 Å². The first-order chi connectivity index (χ1) is 8.20. The number of ether oxygens (including phenoxy) is 1. The van der Waals surface area contributed by atoms with Gasteiger partial charge in [0.2, 0.25) is 0 Å². The molecule has 0 radical (unpaired) electrons. The summed E-state index contributed by atoms with van der Waals surface area (Å²) in [7, 11) is 1.84. The first kappa shape index (κ1) is 14.5. The Morgan fingerprint density at radius 3 is 2.56 bits per heavy atom. The molecule has 1 amide bonds. The van der Waals surface area contributed by atoms with Crippen LogP contribution in [0.5, 0.6) is 5.75 Å². The molecule has 0 unspecified atom stereocenters. The monoisotopic (exact) mass is 254 g/mol. The summed E-state index contributed by atoms with van der Waals surface area (Å²) in [5.41, 5.74) is 7.03. The van der Waals surface area contributed by atoms with E-state index in [9.17, 15) is 4.79 Å². The molecule has 18 heavy (non-hydrogen) atoms. The average molecular weight is 254 g/mol. The van der Waals surface area contributed by atoms with E-state index in [0.717, 1.165) is 11.4 Å². The van der Waals surface area contributed by atoms with Crippen molar-refractivity contribution in [3.05, 3.63) is 11.4 Å². The lowest BCUT2D eigenvalue weighted by Gasteiger charge is -2.18. The van der Waals surface area contributed by atoms with Crippen molar-refractivity contribution in [3.63, 3.8) is 0 Å². The largest absolute Gasteiger partial charge is 0.480 e. The summed E-state index contributed by atoms with van der Waals surface area (Å²) in [6.45, 7) is 7.84. The van der Waals surface area contributed by atoms with Gasteiger partial charge in [-0.1, -0.05) is 0 Å². The van der Waals surface area contributed by atoms with Crippen molar-refractivity contribution < 1.29 is 9.53 Å². The molecule has 6 heteroatoms. The molecular weight excluding hydrogens is 232 g/mol. The first-order valence-corrected chi connectivity index (χ1v) is 5.89. The zero-order valence-electron chi connectivity index (χ0n) is 11.7. The van der Waals surface area contributed by atoms with E-state index in [4.69, 9.17) is 10.5 Å². The number of hydrogen-bond acceptors (Lipinski definition) is 4. The Labute approximate surface area is 107 Å². The van der Waals surface area contributed by atoms with Crippen molar-refractivity contribution in [1.82, 2.24) is 15.1 Å². The number of aromatic nitrogens is 2. The number of nitrogens with zero attached hydrogens (tertiary/aromatic N) is 2. The van der Waals surface area contributed by atoms with Gasteiger partial charge in [-0.2, -0.15) is 5.10 Å². The first-order valence-electron chi connectivity index (χ1n) is 5.89. The molecule has 6 nitrogen and oxygen atoms in total. The van der Waals surface area contributed by atoms with Gasteiger partial charge in [-0.3, -0.25) is 9.48 Å². The molecule has 0 aliphatic carbocycles. The SMILES string of the molecule is Cc1nn(C)c(C)c1OCC(=O)NCC(C)(C)N. The number of nitrogens with one attached hydrogen (secondary N) is 1. The van der Waals surface area contributed by atoms with Crippen LogP contribution in [0.3, 0.4) is 0 Å². The van der Waals surface area contributed by atoms with Crippen LogP contribution < -0.4 is 15.8 Å². The van der Waals surface area contributed by atoms with E-state index < -0.39 is 5.54 Å². The highest BCUT2D eigenvalue weighted by Crippen LogP contribution is 2.20. The summed E-state index contributed by atoms with van der Waals surface area (Å²) in [5.74, 6) is 0.482. The van der Waals surface area contributed by atoms with Crippen LogP contribution in [0.25, 0.3) is 0 Å². The molecule has 0 aliphatic heterocycles. The lowest BCUT2D eigenvalue weighted by molar-refractivity contribution is -0.123. The Hall–Kier alpha value is -1.56. The maximum atomic E-state index is 11.6. The van der Waals surface area contributed by atoms with E-state index in [1.807, 2.05) is 34.7 Å². The summed E-state index contributed by atoms with van der Waals surface area (Å²) in [4.78, 5) is 11.6. The normalized spacial score (nSPS) is 11.4. The predicted molar refractivity (Wildman–Crippen MR) is 69.5 cm³/mol. The number of aryl methyl sites for hydroxylation is 2. The van der Waals surface area contributed by atoms with Crippen LogP contribution in [0, 0.1) is 13.8 Å². The number of carbonyl (C=O) groups excluding carboxylic acids is 1. The van der Waals surface area contributed by atoms with Gasteiger partial charge in [-0.25, -0.2) is 0 Å². The molecule has 0 saturated heterocycles. The molecule has 1 heterocycles. The second-order valence-corrected chi connectivity index (χ2v) is 5.18. The van der Waals surface area contributed by atoms with Gasteiger partial charge in [0.1, 0.15) is 5.69 Å². The zero-order valence-corrected chi connectivity index (χ0v) is 11.7. The highest BCUT2D eigenvalue weighted by Gasteiger charge is 2.15. The Bertz CT molecular complexity index is 432. The fourth-order valence-electron chi connectivity index (χ4n) is 1.48. The van der Waals surface area contributed by atoms with Gasteiger partial charge in [0.05, 0.1) is 5.69 Å². The Kier molecular flexibility index (Phi) is 4.34. The van der Waals surface area contributed by atoms with Gasteiger partial charge < -0.3 is 15.8 Å². The lowest BCUT2D eigenvalue weighted by Crippen LogP contribution is -2.46. The summed E-state index contributed by atoms with van der Waals surface area (Å²) in [5, 5.41) is 6.94. The van der Waals surface area contributed by atoms with Crippen LogP contribution in [0.4, 0.5) is 0 Å². The molecule has 1 aromatic rings. The van der Waals surface area contributed by atoms with Crippen molar-refractivity contribution in [2.45, 2.75) is 33.2 Å². The van der Waals surface area contributed by atoms with Crippen LogP contribution in [0.15, 0.2) is 0 Å². The van der Waals surface area contributed by atoms with Gasteiger partial charge >= 0.3 is 0 Å². The number of rotatable bonds is 5. The molecule has 1 rings (SSSR count). The Morgan fingerprint density at radius 1 is 1.50 bits per heavy atom. The number of hydrogen-bond donors (Lipinski definition) is 2. The molecule has 0 atom stereocenters. The van der Waals surface area contributed by atoms with E-state index >= 15 is 0 Å². The molecule has 102 valence electrons. The molecule has 0 aromatic carbocycles. The third kappa shape index (κ3) is 4.03. The van der Waals surface area contributed by atoms with E-state index in [2.05, 4.69) is 10.4 Å². The van der Waals surface area contributed by atoms with Gasteiger partial charge in [0.25, 0.3) is 5.91 Å². The maximum absolute atomic E-state index is 11.6. The van der Waals surface area contributed by atoms with Gasteiger partial charge in [0, 0.05) is 19.1 Å². The van der Waals surface area contributed by atoms with Crippen molar-refractivity contribution in [2.75, 3.05) is 13.2 Å². The Balaban J connectivity index is 2.48. The average Bonchev–Trinajstić information content (AvgIpc) is 2.47. The molecule has 0 fully saturated rings. The van der Waals surface area contributed by atoms with Gasteiger partial charge in [-0.15, -0.1) is 0 Å². The van der Waals surface area contributed by atoms with Crippen LogP contribution in [-0.2, 0) is 11.8 Å². The zero-order chi connectivity index (χ0) is 13.9. The standard InChI is InChI=1S/C12H22N4O2/c1-8-11(9(2)16(5)15-8)18-6-10(17)14-7-12(3,4)13/h6-7,13H2,1-5H3,(H,14,17). The van der Waals surface area contributed by atoms with E-state index in [-0.39, 0.29) is 12.5 Å². The van der Waals surface area contributed by atoms with E-state index in [1.54, 1.807) is 4.68 Å². The second kappa shape index (κ2) is 5.39. The number of carbonyl (C=O) groups is 1. The van der Waals surface area contributed by atoms with Crippen LogP contribution in [0.2, 0.25) is 0 Å². The Morgan fingerprint density at radius 2 is 2.11 bits per heavy atom. The highest BCUT2D eigenvalue weighted by atomic mass is 16.5. The van der Waals surface area contributed by atoms with E-state index in [0.29, 0.717) is 12.3 Å². The number of nitrogens with two attached hydrogens (primary N) is 1. The molecule has 0 bridgehead atoms. The number of amides is 1. The molecular formula is C12H22N4O2. The maximum Gasteiger partial charge on any atom is 0.258 e.